The minimum absolute atomic E-state index is 0.0169. The molecule has 1 amide bonds. The van der Waals surface area contributed by atoms with Gasteiger partial charge in [0.1, 0.15) is 6.04 Å². The second-order valence-corrected chi connectivity index (χ2v) is 14.1. The van der Waals surface area contributed by atoms with E-state index in [0.29, 0.717) is 10.9 Å². The molecule has 0 saturated carbocycles. The first-order valence-corrected chi connectivity index (χ1v) is 16.2. The highest BCUT2D eigenvalue weighted by Gasteiger charge is 2.43. The van der Waals surface area contributed by atoms with Crippen molar-refractivity contribution in [2.45, 2.75) is 35.6 Å². The van der Waals surface area contributed by atoms with Crippen LogP contribution >= 0.6 is 0 Å². The number of hydrogen-bond donors (Lipinski definition) is 1. The molecule has 0 bridgehead atoms. The van der Waals surface area contributed by atoms with Crippen LogP contribution in [0, 0.1) is 6.92 Å². The van der Waals surface area contributed by atoms with Crippen molar-refractivity contribution in [3.05, 3.63) is 102 Å². The highest BCUT2D eigenvalue weighted by atomic mass is 32.2. The Balaban J connectivity index is 1.45. The second kappa shape index (κ2) is 11.7. The number of fused-ring (bicyclic) bond motifs is 1. The van der Waals surface area contributed by atoms with Crippen LogP contribution in [0.4, 0.5) is 0 Å². The van der Waals surface area contributed by atoms with E-state index in [-0.39, 0.29) is 41.9 Å². The van der Waals surface area contributed by atoms with E-state index in [9.17, 15) is 21.6 Å². The molecule has 41 heavy (non-hydrogen) atoms. The summed E-state index contributed by atoms with van der Waals surface area (Å²) in [5.41, 5.74) is 2.58. The Labute approximate surface area is 240 Å². The number of carbonyl (C=O) groups is 1. The number of carbonyl (C=O) groups excluding carboxylic acids is 1. The van der Waals surface area contributed by atoms with Gasteiger partial charge < -0.3 is 5.32 Å². The summed E-state index contributed by atoms with van der Waals surface area (Å²) in [6.07, 6.45) is 1.63. The fraction of sp³-hybridized carbons (Fsp3) is 0.267. The Bertz CT molecular complexity index is 1760. The number of aromatic nitrogens is 1. The average Bonchev–Trinajstić information content (AvgIpc) is 2.99. The van der Waals surface area contributed by atoms with E-state index in [4.69, 9.17) is 0 Å². The number of nitrogens with one attached hydrogen (secondary N) is 1. The molecule has 1 aliphatic rings. The molecule has 3 aromatic carbocycles. The van der Waals surface area contributed by atoms with Gasteiger partial charge in [-0.05, 0) is 54.8 Å². The summed E-state index contributed by atoms with van der Waals surface area (Å²) in [5, 5.41) is 3.52. The van der Waals surface area contributed by atoms with Gasteiger partial charge in [0.2, 0.25) is 26.0 Å². The maximum absolute atomic E-state index is 13.9. The number of pyridine rings is 1. The summed E-state index contributed by atoms with van der Waals surface area (Å²) < 4.78 is 57.2. The highest BCUT2D eigenvalue weighted by molar-refractivity contribution is 7.89. The van der Waals surface area contributed by atoms with E-state index >= 15 is 0 Å². The lowest BCUT2D eigenvalue weighted by Gasteiger charge is -2.39. The van der Waals surface area contributed by atoms with Gasteiger partial charge in [0.25, 0.3) is 0 Å². The van der Waals surface area contributed by atoms with Crippen LogP contribution in [-0.4, -0.2) is 68.6 Å². The highest BCUT2D eigenvalue weighted by Crippen LogP contribution is 2.27. The van der Waals surface area contributed by atoms with Crippen molar-refractivity contribution in [2.24, 2.45) is 0 Å². The molecule has 1 fully saturated rings. The topological polar surface area (TPSA) is 117 Å². The molecule has 0 spiro atoms. The zero-order valence-electron chi connectivity index (χ0n) is 22.8. The summed E-state index contributed by atoms with van der Waals surface area (Å²) in [6.45, 7) is 3.51. The Hall–Kier alpha value is -3.64. The average molecular weight is 593 g/mol. The SMILES string of the molecule is Cc1ccc(S(=O)(=O)N2CCN(S(=O)(=O)c3ccc4ncccc4c3)C(C(=O)NCC(C)c3ccccc3)C2)cc1. The summed E-state index contributed by atoms with van der Waals surface area (Å²) in [7, 11) is -8.11. The summed E-state index contributed by atoms with van der Waals surface area (Å²) in [6, 6.07) is 22.9. The Morgan fingerprint density at radius 3 is 2.34 bits per heavy atom. The van der Waals surface area contributed by atoms with Crippen LogP contribution in [0.2, 0.25) is 0 Å². The smallest absolute Gasteiger partial charge is 0.243 e. The third-order valence-corrected chi connectivity index (χ3v) is 11.2. The standard InChI is InChI=1S/C30H32N4O5S2/c1-22-10-12-26(13-11-22)40(36,37)33-17-18-34(41(38,39)27-14-15-28-25(19-27)9-6-16-31-28)29(21-33)30(35)32-20-23(2)24-7-4-3-5-8-24/h3-16,19,23,29H,17-18,20-21H2,1-2H3,(H,32,35). The van der Waals surface area contributed by atoms with E-state index in [0.717, 1.165) is 15.4 Å². The molecule has 11 heteroatoms. The van der Waals surface area contributed by atoms with Crippen molar-refractivity contribution >= 4 is 36.9 Å². The number of amides is 1. The molecule has 5 rings (SSSR count). The summed E-state index contributed by atoms with van der Waals surface area (Å²) >= 11 is 0. The summed E-state index contributed by atoms with van der Waals surface area (Å²) in [5.74, 6) is -0.586. The van der Waals surface area contributed by atoms with Gasteiger partial charge in [0.05, 0.1) is 15.3 Å². The first-order valence-electron chi connectivity index (χ1n) is 13.3. The zero-order valence-corrected chi connectivity index (χ0v) is 24.5. The maximum Gasteiger partial charge on any atom is 0.243 e. The van der Waals surface area contributed by atoms with Crippen LogP contribution < -0.4 is 5.32 Å². The van der Waals surface area contributed by atoms with Crippen LogP contribution in [-0.2, 0) is 24.8 Å². The van der Waals surface area contributed by atoms with Gasteiger partial charge in [-0.2, -0.15) is 8.61 Å². The molecule has 2 heterocycles. The van der Waals surface area contributed by atoms with E-state index in [1.54, 1.807) is 36.5 Å². The quantitative estimate of drug-likeness (QED) is 0.335. The Morgan fingerprint density at radius 1 is 0.902 bits per heavy atom. The van der Waals surface area contributed by atoms with Gasteiger partial charge >= 0.3 is 0 Å². The minimum atomic E-state index is -4.15. The molecule has 4 aromatic rings. The Morgan fingerprint density at radius 2 is 1.61 bits per heavy atom. The van der Waals surface area contributed by atoms with E-state index in [1.807, 2.05) is 44.2 Å². The van der Waals surface area contributed by atoms with Crippen molar-refractivity contribution in [3.8, 4) is 0 Å². The van der Waals surface area contributed by atoms with Crippen LogP contribution in [0.15, 0.2) is 101 Å². The molecule has 1 N–H and O–H groups in total. The molecule has 1 aliphatic heterocycles. The van der Waals surface area contributed by atoms with Crippen LogP contribution in [0.3, 0.4) is 0 Å². The first kappa shape index (κ1) is 28.9. The number of hydrogen-bond acceptors (Lipinski definition) is 6. The van der Waals surface area contributed by atoms with E-state index < -0.39 is 32.0 Å². The van der Waals surface area contributed by atoms with Gasteiger partial charge in [-0.25, -0.2) is 16.8 Å². The largest absolute Gasteiger partial charge is 0.354 e. The van der Waals surface area contributed by atoms with E-state index in [2.05, 4.69) is 10.3 Å². The Kier molecular flexibility index (Phi) is 8.23. The molecule has 214 valence electrons. The first-order chi connectivity index (χ1) is 19.6. The molecule has 0 radical (unpaired) electrons. The van der Waals surface area contributed by atoms with Gasteiger partial charge in [0.15, 0.2) is 0 Å². The van der Waals surface area contributed by atoms with E-state index in [1.165, 1.54) is 28.6 Å². The molecule has 1 saturated heterocycles. The predicted molar refractivity (Wildman–Crippen MR) is 157 cm³/mol. The lowest BCUT2D eigenvalue weighted by molar-refractivity contribution is -0.125. The maximum atomic E-state index is 13.9. The van der Waals surface area contributed by atoms with Gasteiger partial charge in [-0.3, -0.25) is 9.78 Å². The lowest BCUT2D eigenvalue weighted by atomic mass is 10.0. The van der Waals surface area contributed by atoms with Crippen LogP contribution in [0.1, 0.15) is 24.0 Å². The van der Waals surface area contributed by atoms with Gasteiger partial charge in [-0.15, -0.1) is 0 Å². The number of piperazine rings is 1. The number of aryl methyl sites for hydroxylation is 1. The lowest BCUT2D eigenvalue weighted by Crippen LogP contribution is -2.61. The minimum Gasteiger partial charge on any atom is -0.354 e. The number of nitrogens with zero attached hydrogens (tertiary/aromatic N) is 3. The van der Waals surface area contributed by atoms with Crippen LogP contribution in [0.5, 0.6) is 0 Å². The molecular weight excluding hydrogens is 560 g/mol. The predicted octanol–water partition coefficient (Wildman–Crippen LogP) is 3.53. The number of benzene rings is 3. The fourth-order valence-corrected chi connectivity index (χ4v) is 7.98. The van der Waals surface area contributed by atoms with Crippen molar-refractivity contribution in [1.82, 2.24) is 18.9 Å². The molecule has 2 atom stereocenters. The monoisotopic (exact) mass is 592 g/mol. The van der Waals surface area contributed by atoms with Crippen molar-refractivity contribution in [1.29, 1.82) is 0 Å². The fourth-order valence-electron chi connectivity index (χ4n) is 4.94. The van der Waals surface area contributed by atoms with Gasteiger partial charge in [-0.1, -0.05) is 61.0 Å². The van der Waals surface area contributed by atoms with Crippen molar-refractivity contribution < 1.29 is 21.6 Å². The third kappa shape index (κ3) is 6.03. The molecule has 2 unspecified atom stereocenters. The molecular formula is C30H32N4O5S2. The third-order valence-electron chi connectivity index (χ3n) is 7.39. The zero-order chi connectivity index (χ0) is 29.2. The van der Waals surface area contributed by atoms with Crippen LogP contribution in [0.25, 0.3) is 10.9 Å². The summed E-state index contributed by atoms with van der Waals surface area (Å²) in [4.78, 5) is 18.0. The van der Waals surface area contributed by atoms with Crippen molar-refractivity contribution in [2.75, 3.05) is 26.2 Å². The van der Waals surface area contributed by atoms with Gasteiger partial charge in [0, 0.05) is 37.8 Å². The molecule has 9 nitrogen and oxygen atoms in total. The molecule has 0 aliphatic carbocycles. The molecule has 1 aromatic heterocycles. The second-order valence-electron chi connectivity index (χ2n) is 10.2. The van der Waals surface area contributed by atoms with Crippen molar-refractivity contribution in [3.63, 3.8) is 0 Å². The number of sulfonamides is 2. The normalized spacial score (nSPS) is 17.8. The number of rotatable bonds is 8.